The second-order valence-electron chi connectivity index (χ2n) is 4.71. The van der Waals surface area contributed by atoms with Crippen LogP contribution in [0.25, 0.3) is 0 Å². The molecule has 0 saturated carbocycles. The zero-order valence-electron chi connectivity index (χ0n) is 12.0. The highest BCUT2D eigenvalue weighted by Crippen LogP contribution is 2.19. The average molecular weight is 289 g/mol. The minimum Gasteiger partial charge on any atom is -0.329 e. The molecule has 0 radical (unpaired) electrons. The molecule has 2 aromatic rings. The van der Waals surface area contributed by atoms with Crippen LogP contribution in [0, 0.1) is 13.8 Å². The van der Waals surface area contributed by atoms with Crippen molar-refractivity contribution in [3.05, 3.63) is 41.7 Å². The van der Waals surface area contributed by atoms with E-state index < -0.39 is 0 Å². The van der Waals surface area contributed by atoms with Crippen LogP contribution in [0.2, 0.25) is 0 Å². The normalized spacial score (nSPS) is 10.6. The Bertz CT molecular complexity index is 607. The minimum absolute atomic E-state index is 0.0420. The molecule has 1 N–H and O–H groups in total. The topological polar surface area (TPSA) is 46.9 Å². The van der Waals surface area contributed by atoms with Crippen molar-refractivity contribution in [2.24, 2.45) is 7.05 Å². The summed E-state index contributed by atoms with van der Waals surface area (Å²) in [5.74, 6) is 0.766. The van der Waals surface area contributed by atoms with Crippen molar-refractivity contribution in [2.75, 3.05) is 11.1 Å². The van der Waals surface area contributed by atoms with E-state index >= 15 is 0 Å². The molecule has 1 aromatic carbocycles. The second-order valence-corrected chi connectivity index (χ2v) is 5.78. The molecule has 1 aromatic heterocycles. The van der Waals surface area contributed by atoms with Crippen LogP contribution in [-0.2, 0) is 11.8 Å². The van der Waals surface area contributed by atoms with Gasteiger partial charge in [0, 0.05) is 37.3 Å². The van der Waals surface area contributed by atoms with Gasteiger partial charge in [-0.05, 0) is 31.0 Å². The lowest BCUT2D eigenvalue weighted by Crippen LogP contribution is -2.13. The number of anilines is 1. The number of aromatic nitrogens is 2. The number of imidazole rings is 1. The average Bonchev–Trinajstić information content (AvgIpc) is 2.81. The first-order valence-electron chi connectivity index (χ1n) is 6.54. The molecule has 1 amide bonds. The van der Waals surface area contributed by atoms with Crippen molar-refractivity contribution in [1.29, 1.82) is 0 Å². The van der Waals surface area contributed by atoms with Crippen LogP contribution in [0.15, 0.2) is 35.7 Å². The van der Waals surface area contributed by atoms with Crippen molar-refractivity contribution in [2.45, 2.75) is 25.4 Å². The van der Waals surface area contributed by atoms with Crippen LogP contribution in [0.5, 0.6) is 0 Å². The number of amides is 1. The van der Waals surface area contributed by atoms with Crippen LogP contribution >= 0.6 is 11.8 Å². The van der Waals surface area contributed by atoms with E-state index in [-0.39, 0.29) is 5.91 Å². The number of nitrogens with one attached hydrogen (secondary N) is 1. The molecule has 0 atom stereocenters. The van der Waals surface area contributed by atoms with Gasteiger partial charge in [0.2, 0.25) is 5.91 Å². The molecular formula is C15H19N3OS. The molecule has 0 aliphatic heterocycles. The standard InChI is InChI=1S/C15H19N3OS/c1-11-5-4-6-13(12(11)2)17-14(19)7-10-20-15-16-8-9-18(15)3/h4-6,8-9H,7,10H2,1-3H3,(H,17,19). The number of carbonyl (C=O) groups is 1. The third-order valence-electron chi connectivity index (χ3n) is 3.22. The van der Waals surface area contributed by atoms with Gasteiger partial charge in [-0.25, -0.2) is 4.98 Å². The summed E-state index contributed by atoms with van der Waals surface area (Å²) in [4.78, 5) is 16.2. The number of benzene rings is 1. The van der Waals surface area contributed by atoms with Crippen LogP contribution in [0.4, 0.5) is 5.69 Å². The summed E-state index contributed by atoms with van der Waals surface area (Å²) in [6, 6.07) is 5.94. The smallest absolute Gasteiger partial charge is 0.225 e. The quantitative estimate of drug-likeness (QED) is 0.860. The van der Waals surface area contributed by atoms with E-state index in [1.807, 2.05) is 49.9 Å². The van der Waals surface area contributed by atoms with Crippen molar-refractivity contribution in [3.63, 3.8) is 0 Å². The maximum absolute atomic E-state index is 11.9. The van der Waals surface area contributed by atoms with E-state index in [1.54, 1.807) is 18.0 Å². The summed E-state index contributed by atoms with van der Waals surface area (Å²) >= 11 is 1.59. The molecule has 106 valence electrons. The number of nitrogens with zero attached hydrogens (tertiary/aromatic N) is 2. The Morgan fingerprint density at radius 1 is 1.40 bits per heavy atom. The summed E-state index contributed by atoms with van der Waals surface area (Å²) in [6.07, 6.45) is 4.14. The van der Waals surface area contributed by atoms with Crippen molar-refractivity contribution in [3.8, 4) is 0 Å². The monoisotopic (exact) mass is 289 g/mol. The van der Waals surface area contributed by atoms with E-state index in [0.29, 0.717) is 6.42 Å². The van der Waals surface area contributed by atoms with Gasteiger partial charge in [-0.3, -0.25) is 4.79 Å². The van der Waals surface area contributed by atoms with E-state index in [9.17, 15) is 4.79 Å². The first-order valence-corrected chi connectivity index (χ1v) is 7.52. The SMILES string of the molecule is Cc1cccc(NC(=O)CCSc2nccn2C)c1C. The van der Waals surface area contributed by atoms with Crippen molar-refractivity contribution < 1.29 is 4.79 Å². The number of aryl methyl sites for hydroxylation is 2. The molecule has 0 aliphatic carbocycles. The first-order chi connectivity index (χ1) is 9.58. The third-order valence-corrected chi connectivity index (χ3v) is 4.28. The second kappa shape index (κ2) is 6.61. The van der Waals surface area contributed by atoms with E-state index in [0.717, 1.165) is 22.2 Å². The van der Waals surface area contributed by atoms with Crippen LogP contribution in [0.1, 0.15) is 17.5 Å². The summed E-state index contributed by atoms with van der Waals surface area (Å²) < 4.78 is 1.95. The summed E-state index contributed by atoms with van der Waals surface area (Å²) in [5, 5.41) is 3.90. The van der Waals surface area contributed by atoms with Gasteiger partial charge in [-0.15, -0.1) is 0 Å². The lowest BCUT2D eigenvalue weighted by Gasteiger charge is -2.10. The van der Waals surface area contributed by atoms with Gasteiger partial charge in [-0.2, -0.15) is 0 Å². The Hall–Kier alpha value is -1.75. The maximum atomic E-state index is 11.9. The van der Waals surface area contributed by atoms with Crippen LogP contribution in [-0.4, -0.2) is 21.2 Å². The predicted octanol–water partition coefficient (Wildman–Crippen LogP) is 3.16. The van der Waals surface area contributed by atoms with Gasteiger partial charge in [0.05, 0.1) is 0 Å². The Balaban J connectivity index is 1.84. The fourth-order valence-corrected chi connectivity index (χ4v) is 2.70. The van der Waals surface area contributed by atoms with Gasteiger partial charge < -0.3 is 9.88 Å². The summed E-state index contributed by atoms with van der Waals surface area (Å²) in [7, 11) is 1.95. The zero-order valence-corrected chi connectivity index (χ0v) is 12.8. The third kappa shape index (κ3) is 3.63. The van der Waals surface area contributed by atoms with Crippen molar-refractivity contribution >= 4 is 23.4 Å². The molecule has 4 nitrogen and oxygen atoms in total. The van der Waals surface area contributed by atoms with E-state index in [4.69, 9.17) is 0 Å². The first kappa shape index (κ1) is 14.7. The number of thioether (sulfide) groups is 1. The predicted molar refractivity (Wildman–Crippen MR) is 83.1 cm³/mol. The Labute approximate surface area is 123 Å². The molecule has 0 saturated heterocycles. The fraction of sp³-hybridized carbons (Fsp3) is 0.333. The number of carbonyl (C=O) groups excluding carboxylic acids is 1. The van der Waals surface area contributed by atoms with Gasteiger partial charge in [-0.1, -0.05) is 23.9 Å². The highest BCUT2D eigenvalue weighted by molar-refractivity contribution is 7.99. The van der Waals surface area contributed by atoms with Gasteiger partial charge in [0.1, 0.15) is 0 Å². The molecule has 5 heteroatoms. The molecule has 0 spiro atoms. The molecule has 0 bridgehead atoms. The summed E-state index contributed by atoms with van der Waals surface area (Å²) in [5.41, 5.74) is 3.21. The van der Waals surface area contributed by atoms with Gasteiger partial charge in [0.25, 0.3) is 0 Å². The molecule has 0 fully saturated rings. The molecule has 2 rings (SSSR count). The molecule has 1 heterocycles. The number of rotatable bonds is 5. The lowest BCUT2D eigenvalue weighted by atomic mass is 10.1. The van der Waals surface area contributed by atoms with Crippen LogP contribution in [0.3, 0.4) is 0 Å². The van der Waals surface area contributed by atoms with Gasteiger partial charge in [0.15, 0.2) is 5.16 Å². The van der Waals surface area contributed by atoms with Crippen LogP contribution < -0.4 is 5.32 Å². The van der Waals surface area contributed by atoms with Gasteiger partial charge >= 0.3 is 0 Å². The largest absolute Gasteiger partial charge is 0.329 e. The Kier molecular flexibility index (Phi) is 4.84. The minimum atomic E-state index is 0.0420. The molecule has 0 aliphatic rings. The highest BCUT2D eigenvalue weighted by atomic mass is 32.2. The highest BCUT2D eigenvalue weighted by Gasteiger charge is 2.07. The van der Waals surface area contributed by atoms with E-state index in [2.05, 4.69) is 10.3 Å². The van der Waals surface area contributed by atoms with Crippen molar-refractivity contribution in [1.82, 2.24) is 9.55 Å². The molecule has 0 unspecified atom stereocenters. The Morgan fingerprint density at radius 2 is 2.20 bits per heavy atom. The molecular weight excluding hydrogens is 270 g/mol. The Morgan fingerprint density at radius 3 is 2.90 bits per heavy atom. The lowest BCUT2D eigenvalue weighted by molar-refractivity contribution is -0.115. The number of hydrogen-bond donors (Lipinski definition) is 1. The zero-order chi connectivity index (χ0) is 14.5. The summed E-state index contributed by atoms with van der Waals surface area (Å²) in [6.45, 7) is 4.06. The molecule has 20 heavy (non-hydrogen) atoms. The number of hydrogen-bond acceptors (Lipinski definition) is 3. The fourth-order valence-electron chi connectivity index (χ4n) is 1.83. The maximum Gasteiger partial charge on any atom is 0.225 e. The van der Waals surface area contributed by atoms with E-state index in [1.165, 1.54) is 5.56 Å².